The molecule has 0 saturated carbocycles. The van der Waals surface area contributed by atoms with Gasteiger partial charge in [0, 0.05) is 68.1 Å². The first-order valence-corrected chi connectivity index (χ1v) is 22.8. The molecule has 0 unspecified atom stereocenters. The van der Waals surface area contributed by atoms with E-state index >= 15 is 0 Å². The summed E-state index contributed by atoms with van der Waals surface area (Å²) >= 11 is 3.88. The van der Waals surface area contributed by atoms with E-state index in [2.05, 4.69) is 202 Å². The van der Waals surface area contributed by atoms with Crippen LogP contribution < -0.4 is 4.90 Å². The topological polar surface area (TPSA) is 3.24 Å². The Morgan fingerprint density at radius 2 is 1.15 bits per heavy atom. The fourth-order valence-electron chi connectivity index (χ4n) is 10.6. The van der Waals surface area contributed by atoms with Crippen molar-refractivity contribution in [3.63, 3.8) is 0 Å². The van der Waals surface area contributed by atoms with Crippen LogP contribution in [-0.4, -0.2) is 0 Å². The quantitative estimate of drug-likeness (QED) is 0.172. The van der Waals surface area contributed by atoms with Gasteiger partial charge in [-0.2, -0.15) is 0 Å². The van der Waals surface area contributed by atoms with Crippen molar-refractivity contribution in [3.8, 4) is 22.3 Å². The largest absolute Gasteiger partial charge is 0.310 e. The monoisotopic (exact) mass is 801 g/mol. The fraction of sp³-hybridized carbons (Fsp3) is 0.250. The standard InChI is InChI=1S/C56H51NS2/c1-53(2,3)32-28-40-50-47(59-52(40)44(29-32)54(4,5)6)27-26-39-49-42(56(9,10)51(39)50)19-15-20-45(49)57(34-23-25-38-37-17-12-14-21-46(37)58-48(38)31-34)33-22-24-36-35-16-11-13-18-41(35)55(7,8)43(36)30-33/h11-31H,1-10H3. The minimum Gasteiger partial charge on any atom is -0.310 e. The molecule has 0 spiro atoms. The van der Waals surface area contributed by atoms with E-state index in [0.29, 0.717) is 0 Å². The number of fused-ring (bicyclic) bond motifs is 13. The van der Waals surface area contributed by atoms with Crippen LogP contribution >= 0.6 is 22.7 Å². The maximum atomic E-state index is 2.57. The maximum Gasteiger partial charge on any atom is 0.0543 e. The van der Waals surface area contributed by atoms with Gasteiger partial charge in [-0.05, 0) is 109 Å². The van der Waals surface area contributed by atoms with Gasteiger partial charge in [-0.1, -0.05) is 148 Å². The molecule has 9 aromatic rings. The highest BCUT2D eigenvalue weighted by atomic mass is 32.1. The lowest BCUT2D eigenvalue weighted by Gasteiger charge is -2.30. The Balaban J connectivity index is 1.19. The molecule has 11 rings (SSSR count). The molecule has 7 aromatic carbocycles. The molecule has 2 aliphatic rings. The molecule has 0 saturated heterocycles. The van der Waals surface area contributed by atoms with Crippen molar-refractivity contribution in [1.29, 1.82) is 0 Å². The van der Waals surface area contributed by atoms with Gasteiger partial charge in [-0.25, -0.2) is 0 Å². The molecule has 2 aliphatic carbocycles. The van der Waals surface area contributed by atoms with Crippen molar-refractivity contribution in [3.05, 3.63) is 161 Å². The minimum absolute atomic E-state index is 0.0248. The minimum atomic E-state index is -0.212. The first kappa shape index (κ1) is 36.8. The summed E-state index contributed by atoms with van der Waals surface area (Å²) in [4.78, 5) is 2.57. The lowest BCUT2D eigenvalue weighted by molar-refractivity contribution is 0.573. The van der Waals surface area contributed by atoms with Crippen LogP contribution in [0.25, 0.3) is 62.6 Å². The molecule has 1 nitrogen and oxygen atoms in total. The van der Waals surface area contributed by atoms with Gasteiger partial charge in [0.25, 0.3) is 0 Å². The zero-order valence-corrected chi connectivity index (χ0v) is 37.5. The lowest BCUT2D eigenvalue weighted by atomic mass is 9.78. The van der Waals surface area contributed by atoms with Crippen molar-refractivity contribution in [1.82, 2.24) is 0 Å². The van der Waals surface area contributed by atoms with Gasteiger partial charge < -0.3 is 4.90 Å². The average Bonchev–Trinajstić information content (AvgIpc) is 3.89. The molecule has 59 heavy (non-hydrogen) atoms. The number of rotatable bonds is 3. The van der Waals surface area contributed by atoms with E-state index in [9.17, 15) is 0 Å². The van der Waals surface area contributed by atoms with E-state index in [1.165, 1.54) is 113 Å². The molecule has 3 heteroatoms. The third-order valence-corrected chi connectivity index (χ3v) is 16.0. The molecule has 0 bridgehead atoms. The van der Waals surface area contributed by atoms with Crippen LogP contribution in [0.3, 0.4) is 0 Å². The summed E-state index contributed by atoms with van der Waals surface area (Å²) in [6, 6.07) is 49.2. The molecule has 2 aromatic heterocycles. The van der Waals surface area contributed by atoms with Gasteiger partial charge in [0.2, 0.25) is 0 Å². The number of hydrogen-bond acceptors (Lipinski definition) is 3. The first-order chi connectivity index (χ1) is 28.0. The molecule has 292 valence electrons. The van der Waals surface area contributed by atoms with Crippen molar-refractivity contribution >= 4 is 80.1 Å². The van der Waals surface area contributed by atoms with Crippen molar-refractivity contribution in [2.45, 2.75) is 90.9 Å². The summed E-state index contributed by atoms with van der Waals surface area (Å²) in [5.41, 5.74) is 17.2. The summed E-state index contributed by atoms with van der Waals surface area (Å²) in [6.07, 6.45) is 0. The first-order valence-electron chi connectivity index (χ1n) is 21.2. The van der Waals surface area contributed by atoms with Crippen LogP contribution in [0.4, 0.5) is 17.1 Å². The molecular weight excluding hydrogens is 751 g/mol. The summed E-state index contributed by atoms with van der Waals surface area (Å²) in [7, 11) is 0. The van der Waals surface area contributed by atoms with E-state index < -0.39 is 0 Å². The Hall–Kier alpha value is -5.22. The highest BCUT2D eigenvalue weighted by Gasteiger charge is 2.41. The number of anilines is 3. The number of benzene rings is 7. The van der Waals surface area contributed by atoms with E-state index in [1.807, 2.05) is 22.7 Å². The SMILES string of the molecule is CC(C)(C)c1cc(C(C)(C)C)c2sc3ccc4c(c3c2c1)C(C)(C)c1cccc(N(c2ccc3c(c2)C(C)(C)c2ccccc2-3)c2ccc3c(c2)sc2ccccc23)c1-4. The van der Waals surface area contributed by atoms with E-state index in [0.717, 1.165) is 0 Å². The van der Waals surface area contributed by atoms with Crippen molar-refractivity contribution in [2.75, 3.05) is 4.90 Å². The predicted octanol–water partition coefficient (Wildman–Crippen LogP) is 17.1. The van der Waals surface area contributed by atoms with Crippen LogP contribution in [0.15, 0.2) is 127 Å². The second-order valence-corrected chi connectivity index (χ2v) is 22.3. The normalized spacial score (nSPS) is 15.2. The van der Waals surface area contributed by atoms with Crippen LogP contribution in [0, 0.1) is 0 Å². The van der Waals surface area contributed by atoms with E-state index in [4.69, 9.17) is 0 Å². The zero-order valence-electron chi connectivity index (χ0n) is 35.9. The van der Waals surface area contributed by atoms with Gasteiger partial charge in [0.15, 0.2) is 0 Å². The third-order valence-electron chi connectivity index (χ3n) is 13.7. The molecule has 0 fully saturated rings. The zero-order chi connectivity index (χ0) is 41.0. The fourth-order valence-corrected chi connectivity index (χ4v) is 13.2. The summed E-state index contributed by atoms with van der Waals surface area (Å²) < 4.78 is 5.45. The molecule has 0 atom stereocenters. The smallest absolute Gasteiger partial charge is 0.0543 e. The molecule has 0 amide bonds. The van der Waals surface area contributed by atoms with Crippen molar-refractivity contribution < 1.29 is 0 Å². The van der Waals surface area contributed by atoms with Crippen LogP contribution in [-0.2, 0) is 21.7 Å². The van der Waals surface area contributed by atoms with Gasteiger partial charge >= 0.3 is 0 Å². The van der Waals surface area contributed by atoms with E-state index in [1.54, 1.807) is 0 Å². The van der Waals surface area contributed by atoms with Crippen LogP contribution in [0.2, 0.25) is 0 Å². The Kier molecular flexibility index (Phi) is 7.60. The van der Waals surface area contributed by atoms with Gasteiger partial charge in [0.05, 0.1) is 5.69 Å². The Morgan fingerprint density at radius 1 is 0.475 bits per heavy atom. The summed E-state index contributed by atoms with van der Waals surface area (Å²) in [6.45, 7) is 23.9. The summed E-state index contributed by atoms with van der Waals surface area (Å²) in [5, 5.41) is 5.49. The number of thiophene rings is 2. The van der Waals surface area contributed by atoms with Crippen LogP contribution in [0.5, 0.6) is 0 Å². The van der Waals surface area contributed by atoms with E-state index in [-0.39, 0.29) is 21.7 Å². The molecule has 0 N–H and O–H groups in total. The van der Waals surface area contributed by atoms with Gasteiger partial charge in [-0.3, -0.25) is 0 Å². The van der Waals surface area contributed by atoms with Crippen LogP contribution in [0.1, 0.15) is 103 Å². The summed E-state index contributed by atoms with van der Waals surface area (Å²) in [5.74, 6) is 0. The highest BCUT2D eigenvalue weighted by Crippen LogP contribution is 2.59. The van der Waals surface area contributed by atoms with Crippen molar-refractivity contribution in [2.24, 2.45) is 0 Å². The number of nitrogens with zero attached hydrogens (tertiary/aromatic N) is 1. The molecule has 0 aliphatic heterocycles. The Bertz CT molecular complexity index is 3240. The molecule has 2 heterocycles. The molecular formula is C56H51NS2. The molecule has 0 radical (unpaired) electrons. The Labute approximate surface area is 357 Å². The lowest BCUT2D eigenvalue weighted by Crippen LogP contribution is -2.18. The Morgan fingerprint density at radius 3 is 1.95 bits per heavy atom. The average molecular weight is 802 g/mol. The van der Waals surface area contributed by atoms with Gasteiger partial charge in [0.1, 0.15) is 0 Å². The second-order valence-electron chi connectivity index (χ2n) is 20.2. The third kappa shape index (κ3) is 5.20. The maximum absolute atomic E-state index is 2.57. The number of hydrogen-bond donors (Lipinski definition) is 0. The highest BCUT2D eigenvalue weighted by molar-refractivity contribution is 7.26. The van der Waals surface area contributed by atoms with Gasteiger partial charge in [-0.15, -0.1) is 22.7 Å². The second kappa shape index (κ2) is 12.2. The predicted molar refractivity (Wildman–Crippen MR) is 259 cm³/mol.